The third kappa shape index (κ3) is 5.83. The maximum atomic E-state index is 13.5. The van der Waals surface area contributed by atoms with Crippen LogP contribution in [0.4, 0.5) is 11.4 Å². The Kier molecular flexibility index (Phi) is 7.98. The van der Waals surface area contributed by atoms with E-state index in [9.17, 15) is 9.59 Å². The monoisotopic (exact) mass is 543 g/mol. The number of rotatable bonds is 7. The van der Waals surface area contributed by atoms with Crippen LogP contribution in [0.25, 0.3) is 0 Å². The highest BCUT2D eigenvalue weighted by Crippen LogP contribution is 2.28. The van der Waals surface area contributed by atoms with Crippen LogP contribution in [0.5, 0.6) is 0 Å². The molecule has 2 aromatic rings. The Morgan fingerprint density at radius 2 is 1.68 bits per heavy atom. The van der Waals surface area contributed by atoms with Crippen LogP contribution in [0.15, 0.2) is 53.0 Å². The summed E-state index contributed by atoms with van der Waals surface area (Å²) in [6, 6.07) is 14.5. The van der Waals surface area contributed by atoms with Gasteiger partial charge < -0.3 is 15.1 Å². The van der Waals surface area contributed by atoms with Crippen LogP contribution in [0.2, 0.25) is 0 Å². The molecule has 180 valence electrons. The first-order valence-electron chi connectivity index (χ1n) is 11.5. The molecule has 0 saturated carbocycles. The first kappa shape index (κ1) is 24.8. The van der Waals surface area contributed by atoms with Gasteiger partial charge in [0, 0.05) is 49.4 Å². The van der Waals surface area contributed by atoms with Gasteiger partial charge >= 0.3 is 0 Å². The quantitative estimate of drug-likeness (QED) is 0.540. The smallest absolute Gasteiger partial charge is 0.256 e. The first-order valence-corrected chi connectivity index (χ1v) is 12.7. The molecule has 1 N–H and O–H groups in total. The molecule has 0 aromatic heterocycles. The highest BCUT2D eigenvalue weighted by atomic mass is 79.9. The van der Waals surface area contributed by atoms with Gasteiger partial charge in [-0.3, -0.25) is 19.4 Å². The Morgan fingerprint density at radius 3 is 2.32 bits per heavy atom. The summed E-state index contributed by atoms with van der Waals surface area (Å²) in [5, 5.41) is 3.37. The SMILES string of the molecule is Cc1ccc(N2C(=O)[C@@H](CC(=O)Nc3ccc(Br)cc3)N(CCN3CCN(C)CC3)C2=S)cc1. The Morgan fingerprint density at radius 1 is 1.03 bits per heavy atom. The second-order valence-corrected chi connectivity index (χ2v) is 10.2. The lowest BCUT2D eigenvalue weighted by molar-refractivity contribution is -0.124. The summed E-state index contributed by atoms with van der Waals surface area (Å²) < 4.78 is 0.936. The average Bonchev–Trinajstić information content (AvgIpc) is 3.04. The van der Waals surface area contributed by atoms with Gasteiger partial charge in [-0.25, -0.2) is 0 Å². The van der Waals surface area contributed by atoms with Crippen molar-refractivity contribution in [1.29, 1.82) is 0 Å². The largest absolute Gasteiger partial charge is 0.335 e. The molecule has 2 saturated heterocycles. The predicted molar refractivity (Wildman–Crippen MR) is 143 cm³/mol. The number of thiocarbonyl (C=S) groups is 1. The summed E-state index contributed by atoms with van der Waals surface area (Å²) in [6.07, 6.45) is 0.0418. The topological polar surface area (TPSA) is 59.1 Å². The summed E-state index contributed by atoms with van der Waals surface area (Å²) in [5.74, 6) is -0.364. The number of hydrogen-bond donors (Lipinski definition) is 1. The standard InChI is InChI=1S/C25H30BrN5O2S/c1-18-3-9-21(10-4-18)31-24(33)22(17-23(32)27-20-7-5-19(26)6-8-20)30(25(31)34)16-15-29-13-11-28(2)12-14-29/h3-10,22H,11-17H2,1-2H3,(H,27,32)/t22-/m1/s1. The molecule has 2 amide bonds. The predicted octanol–water partition coefficient (Wildman–Crippen LogP) is 3.34. The van der Waals surface area contributed by atoms with Crippen molar-refractivity contribution in [3.63, 3.8) is 0 Å². The van der Waals surface area contributed by atoms with E-state index in [1.165, 1.54) is 0 Å². The molecule has 2 heterocycles. The van der Waals surface area contributed by atoms with E-state index in [0.717, 1.165) is 48.4 Å². The van der Waals surface area contributed by atoms with E-state index in [2.05, 4.69) is 38.1 Å². The fourth-order valence-electron chi connectivity index (χ4n) is 4.26. The Balaban J connectivity index is 1.50. The molecule has 7 nitrogen and oxygen atoms in total. The molecule has 2 fully saturated rings. The molecule has 0 bridgehead atoms. The van der Waals surface area contributed by atoms with Gasteiger partial charge in [0.25, 0.3) is 5.91 Å². The van der Waals surface area contributed by atoms with Crippen LogP contribution >= 0.6 is 28.1 Å². The van der Waals surface area contributed by atoms with E-state index in [0.29, 0.717) is 17.3 Å². The van der Waals surface area contributed by atoms with E-state index < -0.39 is 6.04 Å². The van der Waals surface area contributed by atoms with Gasteiger partial charge in [0.15, 0.2) is 5.11 Å². The third-order valence-corrected chi connectivity index (χ3v) is 7.32. The summed E-state index contributed by atoms with van der Waals surface area (Å²) >= 11 is 9.18. The molecule has 0 radical (unpaired) electrons. The highest BCUT2D eigenvalue weighted by molar-refractivity contribution is 9.10. The zero-order valence-corrected chi connectivity index (χ0v) is 21.9. The van der Waals surface area contributed by atoms with Gasteiger partial charge in [-0.15, -0.1) is 0 Å². The zero-order chi connectivity index (χ0) is 24.2. The summed E-state index contributed by atoms with van der Waals surface area (Å²) in [7, 11) is 2.13. The number of halogens is 1. The van der Waals surface area contributed by atoms with Crippen LogP contribution in [-0.4, -0.2) is 84.0 Å². The number of carbonyl (C=O) groups is 2. The van der Waals surface area contributed by atoms with E-state index in [1.807, 2.05) is 60.4 Å². The minimum atomic E-state index is -0.628. The van der Waals surface area contributed by atoms with Gasteiger partial charge in [-0.2, -0.15) is 0 Å². The summed E-state index contributed by atoms with van der Waals surface area (Å²) in [6.45, 7) is 7.44. The number of aryl methyl sites for hydroxylation is 1. The van der Waals surface area contributed by atoms with Gasteiger partial charge in [0.05, 0.1) is 12.1 Å². The lowest BCUT2D eigenvalue weighted by Gasteiger charge is -2.34. The third-order valence-electron chi connectivity index (χ3n) is 6.37. The number of nitrogens with one attached hydrogen (secondary N) is 1. The molecule has 0 spiro atoms. The van der Waals surface area contributed by atoms with Crippen molar-refractivity contribution in [2.75, 3.05) is 56.5 Å². The minimum absolute atomic E-state index is 0.0418. The van der Waals surface area contributed by atoms with Crippen LogP contribution in [0, 0.1) is 6.92 Å². The van der Waals surface area contributed by atoms with Gasteiger partial charge in [-0.05, 0) is 62.6 Å². The maximum Gasteiger partial charge on any atom is 0.256 e. The van der Waals surface area contributed by atoms with E-state index in [1.54, 1.807) is 4.90 Å². The first-order chi connectivity index (χ1) is 16.3. The zero-order valence-electron chi connectivity index (χ0n) is 19.5. The number of likely N-dealkylation sites (N-methyl/N-ethyl adjacent to an activating group) is 1. The molecule has 2 aromatic carbocycles. The van der Waals surface area contributed by atoms with E-state index >= 15 is 0 Å². The minimum Gasteiger partial charge on any atom is -0.335 e. The summed E-state index contributed by atoms with van der Waals surface area (Å²) in [4.78, 5) is 34.6. The number of benzene rings is 2. The Bertz CT molecular complexity index is 1040. The molecule has 0 aliphatic carbocycles. The van der Waals surface area contributed by atoms with E-state index in [4.69, 9.17) is 12.2 Å². The molecule has 4 rings (SSSR count). The summed E-state index contributed by atoms with van der Waals surface area (Å²) in [5.41, 5.74) is 2.54. The maximum absolute atomic E-state index is 13.5. The van der Waals surface area contributed by atoms with Crippen molar-refractivity contribution in [1.82, 2.24) is 14.7 Å². The van der Waals surface area contributed by atoms with Crippen LogP contribution in [0.1, 0.15) is 12.0 Å². The van der Waals surface area contributed by atoms with Crippen molar-refractivity contribution < 1.29 is 9.59 Å². The normalized spacial score (nSPS) is 19.7. The molecule has 9 heteroatoms. The number of amides is 2. The number of piperazine rings is 1. The lowest BCUT2D eigenvalue weighted by Crippen LogP contribution is -2.48. The lowest BCUT2D eigenvalue weighted by atomic mass is 10.1. The molecule has 2 aliphatic heterocycles. The Hall–Kier alpha value is -2.33. The number of carbonyl (C=O) groups excluding carboxylic acids is 2. The number of nitrogens with zero attached hydrogens (tertiary/aromatic N) is 4. The van der Waals surface area contributed by atoms with Crippen LogP contribution in [0.3, 0.4) is 0 Å². The van der Waals surface area contributed by atoms with Gasteiger partial charge in [0.1, 0.15) is 6.04 Å². The molecular formula is C25H30BrN5O2S. The molecular weight excluding hydrogens is 514 g/mol. The van der Waals surface area contributed by atoms with Crippen molar-refractivity contribution in [2.24, 2.45) is 0 Å². The van der Waals surface area contributed by atoms with Crippen LogP contribution in [-0.2, 0) is 9.59 Å². The highest BCUT2D eigenvalue weighted by Gasteiger charge is 2.44. The Labute approximate surface area is 214 Å². The van der Waals surface area contributed by atoms with Crippen molar-refractivity contribution >= 4 is 56.4 Å². The van der Waals surface area contributed by atoms with Crippen LogP contribution < -0.4 is 10.2 Å². The number of hydrogen-bond acceptors (Lipinski definition) is 5. The molecule has 1 atom stereocenters. The second-order valence-electron chi connectivity index (χ2n) is 8.91. The molecule has 2 aliphatic rings. The van der Waals surface area contributed by atoms with E-state index in [-0.39, 0.29) is 18.2 Å². The molecule has 34 heavy (non-hydrogen) atoms. The second kappa shape index (κ2) is 10.9. The van der Waals surface area contributed by atoms with Crippen molar-refractivity contribution in [3.8, 4) is 0 Å². The fraction of sp³-hybridized carbons (Fsp3) is 0.400. The average molecular weight is 545 g/mol. The van der Waals surface area contributed by atoms with Crippen molar-refractivity contribution in [3.05, 3.63) is 58.6 Å². The molecule has 0 unspecified atom stereocenters. The fourth-order valence-corrected chi connectivity index (χ4v) is 4.94. The van der Waals surface area contributed by atoms with Gasteiger partial charge in [0.2, 0.25) is 5.91 Å². The van der Waals surface area contributed by atoms with Crippen molar-refractivity contribution in [2.45, 2.75) is 19.4 Å². The number of anilines is 2. The van der Waals surface area contributed by atoms with Gasteiger partial charge in [-0.1, -0.05) is 33.6 Å².